The lowest BCUT2D eigenvalue weighted by molar-refractivity contribution is -0.144. The van der Waals surface area contributed by atoms with Gasteiger partial charge in [0.25, 0.3) is 0 Å². The predicted octanol–water partition coefficient (Wildman–Crippen LogP) is 0.563. The first-order valence-corrected chi connectivity index (χ1v) is 12.9. The van der Waals surface area contributed by atoms with E-state index in [1.54, 1.807) is 13.8 Å². The Morgan fingerprint density at radius 2 is 1.35 bits per heavy atom. The Bertz CT molecular complexity index is 707. The summed E-state index contributed by atoms with van der Waals surface area (Å²) >= 11 is 1.47. The highest BCUT2D eigenvalue weighted by Gasteiger charge is 2.33. The lowest BCUT2D eigenvalue weighted by Crippen LogP contribution is -2.59. The molecular formula is C22H40N4O7S. The lowest BCUT2D eigenvalue weighted by Gasteiger charge is -2.29. The maximum atomic E-state index is 13.1. The fourth-order valence-corrected chi connectivity index (χ4v) is 3.55. The summed E-state index contributed by atoms with van der Waals surface area (Å²) in [7, 11) is 0. The van der Waals surface area contributed by atoms with Gasteiger partial charge < -0.3 is 31.9 Å². The van der Waals surface area contributed by atoms with Crippen LogP contribution in [0.4, 0.5) is 0 Å². The van der Waals surface area contributed by atoms with Crippen LogP contribution in [-0.4, -0.2) is 76.0 Å². The molecule has 0 aliphatic rings. The van der Waals surface area contributed by atoms with Crippen molar-refractivity contribution in [1.29, 1.82) is 0 Å². The normalized spacial score (nSPS) is 16.3. The number of aliphatic carboxylic acids is 2. The van der Waals surface area contributed by atoms with Gasteiger partial charge in [0, 0.05) is 6.42 Å². The van der Waals surface area contributed by atoms with E-state index >= 15 is 0 Å². The van der Waals surface area contributed by atoms with Crippen LogP contribution in [0, 0.1) is 11.8 Å². The van der Waals surface area contributed by atoms with Gasteiger partial charge in [-0.3, -0.25) is 19.2 Å². The maximum absolute atomic E-state index is 13.1. The minimum Gasteiger partial charge on any atom is -0.481 e. The molecule has 0 rings (SSSR count). The predicted molar refractivity (Wildman–Crippen MR) is 130 cm³/mol. The van der Waals surface area contributed by atoms with Crippen molar-refractivity contribution in [3.05, 3.63) is 0 Å². The fraction of sp³-hybridized carbons (Fsp3) is 0.773. The summed E-state index contributed by atoms with van der Waals surface area (Å²) in [6.07, 6.45) is 2.83. The Hall–Kier alpha value is -2.34. The molecule has 6 unspecified atom stereocenters. The Morgan fingerprint density at radius 3 is 1.82 bits per heavy atom. The molecule has 0 aliphatic heterocycles. The average molecular weight is 505 g/mol. The Balaban J connectivity index is 5.53. The molecule has 34 heavy (non-hydrogen) atoms. The molecule has 196 valence electrons. The van der Waals surface area contributed by atoms with Crippen molar-refractivity contribution in [2.45, 2.75) is 84.0 Å². The van der Waals surface area contributed by atoms with Crippen LogP contribution < -0.4 is 21.7 Å². The summed E-state index contributed by atoms with van der Waals surface area (Å²) < 4.78 is 0. The summed E-state index contributed by atoms with van der Waals surface area (Å²) in [6.45, 7) is 7.15. The number of amides is 3. The number of nitrogens with two attached hydrogens (primary N) is 1. The zero-order valence-electron chi connectivity index (χ0n) is 20.6. The first kappa shape index (κ1) is 31.7. The van der Waals surface area contributed by atoms with Gasteiger partial charge in [0.2, 0.25) is 17.7 Å². The molecule has 0 saturated heterocycles. The standard InChI is InChI=1S/C22H40N4O7S/c1-6-12(3)17(21(31)26-18(22(32)33)13(4)7-2)25-20(30)15(10-11-34-5)24-19(29)14(23)8-9-16(27)28/h12-15,17-18H,6-11,23H2,1-5H3,(H,24,29)(H,25,30)(H,26,31)(H,27,28)(H,32,33). The van der Waals surface area contributed by atoms with Gasteiger partial charge in [-0.1, -0.05) is 40.5 Å². The van der Waals surface area contributed by atoms with Crippen LogP contribution in [0.3, 0.4) is 0 Å². The van der Waals surface area contributed by atoms with Gasteiger partial charge in [-0.15, -0.1) is 0 Å². The number of rotatable bonds is 17. The van der Waals surface area contributed by atoms with E-state index in [4.69, 9.17) is 10.8 Å². The molecule has 0 aromatic rings. The Morgan fingerprint density at radius 1 is 0.824 bits per heavy atom. The molecule has 0 aromatic heterocycles. The van der Waals surface area contributed by atoms with Crippen molar-refractivity contribution < 1.29 is 34.2 Å². The number of carboxylic acid groups (broad SMARTS) is 2. The topological polar surface area (TPSA) is 188 Å². The second-order valence-electron chi connectivity index (χ2n) is 8.46. The van der Waals surface area contributed by atoms with Gasteiger partial charge in [0.15, 0.2) is 0 Å². The average Bonchev–Trinajstić information content (AvgIpc) is 2.79. The van der Waals surface area contributed by atoms with Gasteiger partial charge >= 0.3 is 11.9 Å². The lowest BCUT2D eigenvalue weighted by atomic mass is 9.95. The number of thioether (sulfide) groups is 1. The van der Waals surface area contributed by atoms with Crippen LogP contribution in [0.2, 0.25) is 0 Å². The van der Waals surface area contributed by atoms with Gasteiger partial charge in [0.1, 0.15) is 18.1 Å². The van der Waals surface area contributed by atoms with Crippen LogP contribution in [-0.2, 0) is 24.0 Å². The van der Waals surface area contributed by atoms with Crippen LogP contribution in [0.5, 0.6) is 0 Å². The van der Waals surface area contributed by atoms with Gasteiger partial charge in [-0.05, 0) is 36.7 Å². The molecule has 3 amide bonds. The molecule has 0 aliphatic carbocycles. The second kappa shape index (κ2) is 16.3. The van der Waals surface area contributed by atoms with Gasteiger partial charge in [0.05, 0.1) is 6.04 Å². The van der Waals surface area contributed by atoms with Crippen LogP contribution in [0.1, 0.15) is 59.8 Å². The Labute approximate surface area is 205 Å². The molecular weight excluding hydrogens is 464 g/mol. The summed E-state index contributed by atoms with van der Waals surface area (Å²) in [5.41, 5.74) is 5.75. The first-order chi connectivity index (χ1) is 15.9. The molecule has 0 spiro atoms. The summed E-state index contributed by atoms with van der Waals surface area (Å²) in [6, 6.07) is -4.18. The summed E-state index contributed by atoms with van der Waals surface area (Å²) in [5.74, 6) is -4.17. The van der Waals surface area contributed by atoms with E-state index in [2.05, 4.69) is 16.0 Å². The monoisotopic (exact) mass is 504 g/mol. The van der Waals surface area contributed by atoms with Crippen LogP contribution >= 0.6 is 11.8 Å². The van der Waals surface area contributed by atoms with Gasteiger partial charge in [-0.25, -0.2) is 4.79 Å². The molecule has 11 nitrogen and oxygen atoms in total. The molecule has 7 N–H and O–H groups in total. The first-order valence-electron chi connectivity index (χ1n) is 11.5. The van der Waals surface area contributed by atoms with Crippen molar-refractivity contribution in [3.8, 4) is 0 Å². The second-order valence-corrected chi connectivity index (χ2v) is 9.45. The third kappa shape index (κ3) is 11.2. The van der Waals surface area contributed by atoms with Crippen molar-refractivity contribution in [2.75, 3.05) is 12.0 Å². The fourth-order valence-electron chi connectivity index (χ4n) is 3.08. The van der Waals surface area contributed by atoms with E-state index in [0.29, 0.717) is 18.6 Å². The number of carbonyl (C=O) groups is 5. The molecule has 12 heteroatoms. The molecule has 0 bridgehead atoms. The zero-order valence-corrected chi connectivity index (χ0v) is 21.4. The maximum Gasteiger partial charge on any atom is 0.326 e. The number of hydrogen-bond donors (Lipinski definition) is 6. The van der Waals surface area contributed by atoms with Gasteiger partial charge in [-0.2, -0.15) is 11.8 Å². The number of carbonyl (C=O) groups excluding carboxylic acids is 3. The molecule has 0 saturated carbocycles. The van der Waals surface area contributed by atoms with Crippen molar-refractivity contribution in [3.63, 3.8) is 0 Å². The van der Waals surface area contributed by atoms with E-state index in [1.165, 1.54) is 11.8 Å². The van der Waals surface area contributed by atoms with Crippen LogP contribution in [0.15, 0.2) is 0 Å². The van der Waals surface area contributed by atoms with Crippen molar-refractivity contribution >= 4 is 41.4 Å². The summed E-state index contributed by atoms with van der Waals surface area (Å²) in [4.78, 5) is 60.8. The molecule has 0 heterocycles. The zero-order chi connectivity index (χ0) is 26.4. The highest BCUT2D eigenvalue weighted by molar-refractivity contribution is 7.98. The molecule has 0 aromatic carbocycles. The third-order valence-corrected chi connectivity index (χ3v) is 6.46. The number of hydrogen-bond acceptors (Lipinski definition) is 7. The quantitative estimate of drug-likeness (QED) is 0.164. The van der Waals surface area contributed by atoms with Crippen molar-refractivity contribution in [2.24, 2.45) is 17.6 Å². The van der Waals surface area contributed by atoms with E-state index in [1.807, 2.05) is 20.1 Å². The number of carboxylic acids is 2. The SMILES string of the molecule is CCC(C)C(NC(=O)C(NC(=O)C(CCSC)NC(=O)C(N)CCC(=O)O)C(C)CC)C(=O)O. The minimum atomic E-state index is -1.16. The highest BCUT2D eigenvalue weighted by atomic mass is 32.2. The summed E-state index contributed by atoms with van der Waals surface area (Å²) in [5, 5.41) is 26.0. The van der Waals surface area contributed by atoms with Crippen molar-refractivity contribution in [1.82, 2.24) is 16.0 Å². The molecule has 0 fully saturated rings. The Kier molecular flexibility index (Phi) is 15.2. The smallest absolute Gasteiger partial charge is 0.326 e. The van der Waals surface area contributed by atoms with E-state index in [-0.39, 0.29) is 31.1 Å². The molecule has 0 radical (unpaired) electrons. The van der Waals surface area contributed by atoms with E-state index < -0.39 is 53.8 Å². The number of nitrogens with one attached hydrogen (secondary N) is 3. The van der Waals surface area contributed by atoms with E-state index in [9.17, 15) is 29.1 Å². The third-order valence-electron chi connectivity index (χ3n) is 5.82. The highest BCUT2D eigenvalue weighted by Crippen LogP contribution is 2.13. The minimum absolute atomic E-state index is 0.0812. The van der Waals surface area contributed by atoms with E-state index in [0.717, 1.165) is 0 Å². The largest absolute Gasteiger partial charge is 0.481 e. The molecule has 6 atom stereocenters. The van der Waals surface area contributed by atoms with Crippen LogP contribution in [0.25, 0.3) is 0 Å².